The van der Waals surface area contributed by atoms with Crippen LogP contribution in [0.25, 0.3) is 0 Å². The van der Waals surface area contributed by atoms with Gasteiger partial charge >= 0.3 is 6.09 Å². The van der Waals surface area contributed by atoms with Crippen molar-refractivity contribution in [2.75, 3.05) is 18.2 Å². The minimum Gasteiger partial charge on any atom is -0.448 e. The number of nitrogens with one attached hydrogen (secondary N) is 1. The van der Waals surface area contributed by atoms with Crippen LogP contribution < -0.4 is 5.32 Å². The van der Waals surface area contributed by atoms with E-state index >= 15 is 0 Å². The molecule has 2 N–H and O–H groups in total. The average Bonchev–Trinajstić information content (AvgIpc) is 2.46. The molecule has 1 aromatic heterocycles. The number of nitrogens with zero attached hydrogens (tertiary/aromatic N) is 4. The van der Waals surface area contributed by atoms with Gasteiger partial charge in [-0.25, -0.2) is 14.8 Å². The van der Waals surface area contributed by atoms with Crippen LogP contribution >= 0.6 is 11.6 Å². The first-order chi connectivity index (χ1) is 11.4. The topological polar surface area (TPSA) is 110 Å². The third kappa shape index (κ3) is 5.84. The summed E-state index contributed by atoms with van der Waals surface area (Å²) in [6, 6.07) is 7.27. The van der Waals surface area contributed by atoms with Gasteiger partial charge in [0.25, 0.3) is 0 Å². The van der Waals surface area contributed by atoms with E-state index in [1.54, 1.807) is 13.2 Å². The lowest BCUT2D eigenvalue weighted by Gasteiger charge is -2.18. The average molecular weight is 372 g/mol. The van der Waals surface area contributed by atoms with Gasteiger partial charge in [0.05, 0.1) is 6.61 Å². The Hall–Kier alpha value is -2.10. The minimum atomic E-state index is -2.80. The monoisotopic (exact) mass is 371 g/mol. The molecule has 1 aromatic carbocycles. The van der Waals surface area contributed by atoms with Crippen LogP contribution in [0, 0.1) is 0 Å². The third-order valence-electron chi connectivity index (χ3n) is 2.77. The molecule has 0 saturated heterocycles. The Morgan fingerprint density at radius 3 is 2.96 bits per heavy atom. The van der Waals surface area contributed by atoms with Crippen molar-refractivity contribution in [2.24, 2.45) is 4.36 Å². The number of anilines is 2. The SMILES string of the molecule is CCOC(=O)N=[SH](C)(O)Cc1cccc(Nc2ncnc(Cl)n2)c1. The van der Waals surface area contributed by atoms with Crippen LogP contribution in [-0.2, 0) is 20.6 Å². The maximum absolute atomic E-state index is 11.4. The Labute approximate surface area is 145 Å². The molecule has 1 heterocycles. The normalized spacial score (nSPS) is 11.7. The molecule has 0 atom stereocenters. The maximum Gasteiger partial charge on any atom is 0.439 e. The molecule has 0 fully saturated rings. The van der Waals surface area contributed by atoms with Crippen LogP contribution in [0.1, 0.15) is 12.5 Å². The van der Waals surface area contributed by atoms with Crippen molar-refractivity contribution in [3.05, 3.63) is 41.4 Å². The van der Waals surface area contributed by atoms with E-state index in [9.17, 15) is 9.35 Å². The van der Waals surface area contributed by atoms with Gasteiger partial charge in [0.2, 0.25) is 11.2 Å². The second-order valence-corrected chi connectivity index (χ2v) is 7.98. The molecule has 1 amide bonds. The zero-order valence-corrected chi connectivity index (χ0v) is 14.8. The van der Waals surface area contributed by atoms with Gasteiger partial charge in [-0.1, -0.05) is 22.2 Å². The highest BCUT2D eigenvalue weighted by Gasteiger charge is 2.09. The van der Waals surface area contributed by atoms with Crippen molar-refractivity contribution in [3.63, 3.8) is 0 Å². The predicted octanol–water partition coefficient (Wildman–Crippen LogP) is 3.10. The number of carbonyl (C=O) groups is 1. The number of amides is 1. The number of benzene rings is 1. The van der Waals surface area contributed by atoms with Crippen LogP contribution in [0.4, 0.5) is 16.4 Å². The van der Waals surface area contributed by atoms with Crippen LogP contribution in [-0.4, -0.2) is 38.5 Å². The van der Waals surface area contributed by atoms with Crippen molar-refractivity contribution in [1.29, 1.82) is 0 Å². The highest BCUT2D eigenvalue weighted by atomic mass is 35.5. The van der Waals surface area contributed by atoms with E-state index in [0.29, 0.717) is 11.6 Å². The van der Waals surface area contributed by atoms with E-state index in [-0.39, 0.29) is 17.6 Å². The molecule has 2 aromatic rings. The Morgan fingerprint density at radius 1 is 1.46 bits per heavy atom. The Kier molecular flexibility index (Phi) is 6.18. The number of thiol groups is 1. The second kappa shape index (κ2) is 8.13. The molecule has 0 saturated carbocycles. The largest absolute Gasteiger partial charge is 0.448 e. The summed E-state index contributed by atoms with van der Waals surface area (Å²) >= 11 is 5.72. The molecule has 0 aliphatic carbocycles. The molecule has 10 heteroatoms. The Bertz CT molecular complexity index is 781. The molecule has 0 aliphatic rings. The first-order valence-corrected chi connectivity index (χ1v) is 9.77. The van der Waals surface area contributed by atoms with Gasteiger partial charge in [-0.15, -0.1) is 0 Å². The molecule has 0 radical (unpaired) electrons. The van der Waals surface area contributed by atoms with Crippen LogP contribution in [0.5, 0.6) is 0 Å². The molecular formula is C14H18ClN5O3S. The maximum atomic E-state index is 11.4. The summed E-state index contributed by atoms with van der Waals surface area (Å²) in [5.41, 5.74) is 1.53. The summed E-state index contributed by atoms with van der Waals surface area (Å²) in [5.74, 6) is 0.559. The standard InChI is InChI=1S/C14H18ClN5O3S/c1-3-23-14(21)20-24(2,22)8-10-5-4-6-11(7-10)18-13-17-9-16-12(15)19-13/h4-7,9,24H,3,8H2,1-2H3,(H,20,21,22)(H,16,17,18,19). The number of hydrogen-bond donors (Lipinski definition) is 3. The number of aromatic nitrogens is 3. The molecule has 0 aliphatic heterocycles. The van der Waals surface area contributed by atoms with Gasteiger partial charge in [0, 0.05) is 11.4 Å². The van der Waals surface area contributed by atoms with Crippen molar-refractivity contribution in [1.82, 2.24) is 15.0 Å². The quantitative estimate of drug-likeness (QED) is 0.692. The van der Waals surface area contributed by atoms with E-state index in [1.807, 2.05) is 24.3 Å². The van der Waals surface area contributed by atoms with Gasteiger partial charge in [-0.05, 0) is 42.5 Å². The first kappa shape index (κ1) is 18.2. The fraction of sp³-hybridized carbons (Fsp3) is 0.286. The molecule has 0 unspecified atom stereocenters. The van der Waals surface area contributed by atoms with E-state index in [0.717, 1.165) is 5.56 Å². The summed E-state index contributed by atoms with van der Waals surface area (Å²) in [7, 11) is -2.80. The lowest BCUT2D eigenvalue weighted by atomic mass is 10.2. The highest BCUT2D eigenvalue weighted by Crippen LogP contribution is 2.19. The van der Waals surface area contributed by atoms with Gasteiger partial charge in [-0.2, -0.15) is 9.35 Å². The van der Waals surface area contributed by atoms with Crippen LogP contribution in [0.2, 0.25) is 5.28 Å². The molecule has 130 valence electrons. The van der Waals surface area contributed by atoms with E-state index in [2.05, 4.69) is 24.6 Å². The smallest absolute Gasteiger partial charge is 0.439 e. The molecule has 24 heavy (non-hydrogen) atoms. The summed E-state index contributed by atoms with van der Waals surface area (Å²) in [4.78, 5) is 23.0. The number of halogens is 1. The molecule has 0 spiro atoms. The Balaban J connectivity index is 2.14. The molecule has 2 rings (SSSR count). The van der Waals surface area contributed by atoms with E-state index < -0.39 is 16.2 Å². The van der Waals surface area contributed by atoms with Gasteiger partial charge in [0.1, 0.15) is 6.33 Å². The van der Waals surface area contributed by atoms with Gasteiger partial charge in [0.15, 0.2) is 0 Å². The summed E-state index contributed by atoms with van der Waals surface area (Å²) in [5, 5.41) is 3.08. The summed E-state index contributed by atoms with van der Waals surface area (Å²) in [6.45, 7) is 1.90. The predicted molar refractivity (Wildman–Crippen MR) is 95.0 cm³/mol. The fourth-order valence-electron chi connectivity index (χ4n) is 1.92. The van der Waals surface area contributed by atoms with Crippen molar-refractivity contribution in [2.45, 2.75) is 12.7 Å². The lowest BCUT2D eigenvalue weighted by Crippen LogP contribution is -2.14. The number of carbonyl (C=O) groups excluding carboxylic acids is 1. The third-order valence-corrected chi connectivity index (χ3v) is 4.51. The zero-order valence-electron chi connectivity index (χ0n) is 13.2. The van der Waals surface area contributed by atoms with Crippen molar-refractivity contribution in [3.8, 4) is 0 Å². The van der Waals surface area contributed by atoms with E-state index in [1.165, 1.54) is 6.33 Å². The zero-order chi connectivity index (χ0) is 17.6. The van der Waals surface area contributed by atoms with Crippen LogP contribution in [0.15, 0.2) is 35.0 Å². The number of ether oxygens (including phenoxy) is 1. The van der Waals surface area contributed by atoms with Crippen molar-refractivity contribution < 1.29 is 14.1 Å². The Morgan fingerprint density at radius 2 is 2.25 bits per heavy atom. The molecular weight excluding hydrogens is 354 g/mol. The summed E-state index contributed by atoms with van der Waals surface area (Å²) < 4.78 is 18.9. The van der Waals surface area contributed by atoms with Gasteiger partial charge < -0.3 is 14.6 Å². The number of rotatable bonds is 5. The van der Waals surface area contributed by atoms with Crippen molar-refractivity contribution >= 4 is 39.4 Å². The minimum absolute atomic E-state index is 0.0887. The van der Waals surface area contributed by atoms with Crippen LogP contribution in [0.3, 0.4) is 0 Å². The summed E-state index contributed by atoms with van der Waals surface area (Å²) in [6.07, 6.45) is 2.11. The highest BCUT2D eigenvalue weighted by molar-refractivity contribution is 7.98. The first-order valence-electron chi connectivity index (χ1n) is 7.07. The van der Waals surface area contributed by atoms with E-state index in [4.69, 9.17) is 16.3 Å². The molecule has 8 nitrogen and oxygen atoms in total. The van der Waals surface area contributed by atoms with Gasteiger partial charge in [-0.3, -0.25) is 0 Å². The second-order valence-electron chi connectivity index (χ2n) is 4.95. The number of hydrogen-bond acceptors (Lipinski definition) is 6. The molecule has 0 bridgehead atoms. The fourth-order valence-corrected chi connectivity index (χ4v) is 3.41. The lowest BCUT2D eigenvalue weighted by molar-refractivity contribution is 0.164.